The minimum atomic E-state index is -2.81. The number of amides is 1. The van der Waals surface area contributed by atoms with Crippen LogP contribution in [0.1, 0.15) is 24.2 Å². The summed E-state index contributed by atoms with van der Waals surface area (Å²) < 4.78 is 40.2. The van der Waals surface area contributed by atoms with E-state index < -0.39 is 15.8 Å². The van der Waals surface area contributed by atoms with E-state index in [2.05, 4.69) is 11.5 Å². The molecule has 1 fully saturated rings. The second-order valence-electron chi connectivity index (χ2n) is 8.27. The van der Waals surface area contributed by atoms with Crippen LogP contribution in [0.3, 0.4) is 0 Å². The molecule has 2 aromatic rings. The Bertz CT molecular complexity index is 1090. The Morgan fingerprint density at radius 2 is 2.00 bits per heavy atom. The maximum atomic E-state index is 14.3. The van der Waals surface area contributed by atoms with Crippen LogP contribution >= 0.6 is 0 Å². The number of aryl methyl sites for hydroxylation is 1. The number of hydrogen-bond donors (Lipinski definition) is 1. The monoisotopic (exact) mass is 459 g/mol. The van der Waals surface area contributed by atoms with Gasteiger partial charge < -0.3 is 9.64 Å². The quantitative estimate of drug-likeness (QED) is 0.635. The molecule has 1 N–H and O–H groups in total. The van der Waals surface area contributed by atoms with Crippen LogP contribution in [0.5, 0.6) is 5.75 Å². The van der Waals surface area contributed by atoms with Gasteiger partial charge in [0.1, 0.15) is 17.7 Å². The highest BCUT2D eigenvalue weighted by atomic mass is 32.2. The van der Waals surface area contributed by atoms with Crippen LogP contribution in [0.25, 0.3) is 0 Å². The molecule has 0 aliphatic carbocycles. The van der Waals surface area contributed by atoms with E-state index in [0.717, 1.165) is 0 Å². The van der Waals surface area contributed by atoms with Gasteiger partial charge in [-0.2, -0.15) is 0 Å². The molecule has 0 spiro atoms. The van der Waals surface area contributed by atoms with Crippen molar-refractivity contribution in [2.45, 2.75) is 30.9 Å². The maximum absolute atomic E-state index is 14.3. The zero-order chi connectivity index (χ0) is 23.5. The Balaban J connectivity index is 1.81. The fourth-order valence-corrected chi connectivity index (χ4v) is 4.50. The molecule has 8 heteroatoms. The van der Waals surface area contributed by atoms with Crippen molar-refractivity contribution in [3.05, 3.63) is 72.1 Å². The lowest BCUT2D eigenvalue weighted by molar-refractivity contribution is -0.130. The van der Waals surface area contributed by atoms with E-state index in [4.69, 9.17) is 9.52 Å². The van der Waals surface area contributed by atoms with Crippen molar-refractivity contribution in [1.82, 2.24) is 9.80 Å². The van der Waals surface area contributed by atoms with E-state index >= 15 is 0 Å². The number of carbonyl (C=O) groups is 1. The number of nitrogens with zero attached hydrogens (tertiary/aromatic N) is 2. The predicted octanol–water partition coefficient (Wildman–Crippen LogP) is 4.01. The standard InChI is InChI=1S/C24H30FN3O3S/c1-5-24(29)28-13-12-27(15-18(28)3)16-23(19-7-6-17(2)22(25)14-19)31-20-8-10-21(11-9-20)32(4,26)30/h5-11,14,18,23,26H,1,12-13,15-16H2,2-4H3/t18-,23+,32+/m1/s1. The van der Waals surface area contributed by atoms with Crippen LogP contribution < -0.4 is 4.74 Å². The van der Waals surface area contributed by atoms with Crippen LogP contribution in [-0.4, -0.2) is 58.4 Å². The van der Waals surface area contributed by atoms with Crippen LogP contribution in [-0.2, 0) is 14.5 Å². The number of halogens is 1. The molecule has 0 aromatic heterocycles. The van der Waals surface area contributed by atoms with Gasteiger partial charge in [-0.15, -0.1) is 0 Å². The van der Waals surface area contributed by atoms with Crippen molar-refractivity contribution < 1.29 is 18.1 Å². The van der Waals surface area contributed by atoms with Gasteiger partial charge in [0.05, 0.1) is 9.73 Å². The Kier molecular flexibility index (Phi) is 7.36. The first-order valence-electron chi connectivity index (χ1n) is 10.5. The molecule has 1 heterocycles. The average Bonchev–Trinajstić information content (AvgIpc) is 2.74. The highest BCUT2D eigenvalue weighted by molar-refractivity contribution is 7.91. The van der Waals surface area contributed by atoms with E-state index in [1.165, 1.54) is 18.4 Å². The molecule has 172 valence electrons. The van der Waals surface area contributed by atoms with Gasteiger partial charge in [-0.05, 0) is 61.4 Å². The number of benzene rings is 2. The molecule has 1 aliphatic rings. The number of piperazine rings is 1. The summed E-state index contributed by atoms with van der Waals surface area (Å²) in [4.78, 5) is 16.5. The summed E-state index contributed by atoms with van der Waals surface area (Å²) in [7, 11) is -2.81. The van der Waals surface area contributed by atoms with E-state index in [0.29, 0.717) is 48.0 Å². The van der Waals surface area contributed by atoms with Gasteiger partial charge in [0, 0.05) is 43.4 Å². The molecule has 2 aromatic carbocycles. The van der Waals surface area contributed by atoms with E-state index in [1.54, 1.807) is 42.2 Å². The Labute approximate surface area is 189 Å². The molecular formula is C24H30FN3O3S. The number of rotatable bonds is 7. The third-order valence-corrected chi connectivity index (χ3v) is 6.88. The number of nitrogens with one attached hydrogen (secondary N) is 1. The summed E-state index contributed by atoms with van der Waals surface area (Å²) in [5.41, 5.74) is 1.28. The molecular weight excluding hydrogens is 429 g/mol. The summed E-state index contributed by atoms with van der Waals surface area (Å²) >= 11 is 0. The predicted molar refractivity (Wildman–Crippen MR) is 124 cm³/mol. The lowest BCUT2D eigenvalue weighted by Crippen LogP contribution is -2.54. The van der Waals surface area contributed by atoms with Crippen LogP contribution in [0.2, 0.25) is 0 Å². The summed E-state index contributed by atoms with van der Waals surface area (Å²) in [5, 5.41) is 0. The first-order chi connectivity index (χ1) is 15.1. The smallest absolute Gasteiger partial charge is 0.246 e. The third-order valence-electron chi connectivity index (χ3n) is 5.71. The van der Waals surface area contributed by atoms with Gasteiger partial charge in [0.2, 0.25) is 5.91 Å². The fraction of sp³-hybridized carbons (Fsp3) is 0.375. The van der Waals surface area contributed by atoms with Crippen molar-refractivity contribution in [2.24, 2.45) is 0 Å². The lowest BCUT2D eigenvalue weighted by Gasteiger charge is -2.40. The number of ether oxygens (including phenoxy) is 1. The van der Waals surface area contributed by atoms with Crippen LogP contribution in [0, 0.1) is 17.5 Å². The summed E-state index contributed by atoms with van der Waals surface area (Å²) in [6.07, 6.45) is 2.27. The Hall–Kier alpha value is -2.71. The Morgan fingerprint density at radius 1 is 1.31 bits per heavy atom. The SMILES string of the molecule is C=CC(=O)N1CCN(C[C@H](Oc2ccc([S@@](C)(=N)=O)cc2)c2ccc(C)c(F)c2)C[C@H]1C. The first kappa shape index (κ1) is 23.9. The van der Waals surface area contributed by atoms with E-state index in [9.17, 15) is 13.4 Å². The molecule has 0 bridgehead atoms. The highest BCUT2D eigenvalue weighted by Gasteiger charge is 2.28. The second kappa shape index (κ2) is 9.83. The van der Waals surface area contributed by atoms with Crippen molar-refractivity contribution in [3.63, 3.8) is 0 Å². The molecule has 32 heavy (non-hydrogen) atoms. The minimum Gasteiger partial charge on any atom is -0.484 e. The van der Waals surface area contributed by atoms with Gasteiger partial charge in [-0.25, -0.2) is 13.4 Å². The molecule has 6 nitrogen and oxygen atoms in total. The summed E-state index contributed by atoms with van der Waals surface area (Å²) in [6, 6.07) is 11.7. The zero-order valence-electron chi connectivity index (χ0n) is 18.7. The van der Waals surface area contributed by atoms with Crippen molar-refractivity contribution in [3.8, 4) is 5.75 Å². The minimum absolute atomic E-state index is 0.0266. The largest absolute Gasteiger partial charge is 0.484 e. The Morgan fingerprint density at radius 3 is 2.56 bits per heavy atom. The summed E-state index contributed by atoms with van der Waals surface area (Å²) in [5.74, 6) is 0.186. The van der Waals surface area contributed by atoms with Crippen molar-refractivity contribution in [2.75, 3.05) is 32.4 Å². The number of carbonyl (C=O) groups excluding carboxylic acids is 1. The average molecular weight is 460 g/mol. The maximum Gasteiger partial charge on any atom is 0.246 e. The van der Waals surface area contributed by atoms with Gasteiger partial charge in [-0.3, -0.25) is 9.69 Å². The molecule has 0 unspecified atom stereocenters. The number of hydrogen-bond acceptors (Lipinski definition) is 5. The van der Waals surface area contributed by atoms with Crippen LogP contribution in [0.4, 0.5) is 4.39 Å². The van der Waals surface area contributed by atoms with Crippen LogP contribution in [0.15, 0.2) is 60.0 Å². The molecule has 3 rings (SSSR count). The first-order valence-corrected chi connectivity index (χ1v) is 12.5. The topological polar surface area (TPSA) is 73.7 Å². The second-order valence-corrected chi connectivity index (χ2v) is 10.4. The summed E-state index contributed by atoms with van der Waals surface area (Å²) in [6.45, 7) is 9.74. The highest BCUT2D eigenvalue weighted by Crippen LogP contribution is 2.27. The van der Waals surface area contributed by atoms with Crippen molar-refractivity contribution >= 4 is 15.6 Å². The molecule has 1 amide bonds. The van der Waals surface area contributed by atoms with Gasteiger partial charge >= 0.3 is 0 Å². The molecule has 0 radical (unpaired) electrons. The molecule has 1 saturated heterocycles. The normalized spacial score (nSPS) is 19.8. The lowest BCUT2D eigenvalue weighted by atomic mass is 10.0. The fourth-order valence-electron chi connectivity index (χ4n) is 3.84. The van der Waals surface area contributed by atoms with Gasteiger partial charge in [0.25, 0.3) is 0 Å². The van der Waals surface area contributed by atoms with Gasteiger partial charge in [0.15, 0.2) is 0 Å². The molecule has 0 saturated carbocycles. The molecule has 3 atom stereocenters. The van der Waals surface area contributed by atoms with E-state index in [-0.39, 0.29) is 17.8 Å². The van der Waals surface area contributed by atoms with Crippen molar-refractivity contribution in [1.29, 1.82) is 4.78 Å². The van der Waals surface area contributed by atoms with E-state index in [1.807, 2.05) is 13.0 Å². The molecule has 1 aliphatic heterocycles. The zero-order valence-corrected chi connectivity index (χ0v) is 19.5. The third kappa shape index (κ3) is 5.75. The van der Waals surface area contributed by atoms with Gasteiger partial charge in [-0.1, -0.05) is 18.7 Å².